The summed E-state index contributed by atoms with van der Waals surface area (Å²) in [7, 11) is 0. The third-order valence-corrected chi connectivity index (χ3v) is 5.50. The second-order valence-corrected chi connectivity index (χ2v) is 8.47. The fraction of sp³-hybridized carbons (Fsp3) is 0.130. The topological polar surface area (TPSA) is 88.5 Å². The van der Waals surface area contributed by atoms with Crippen LogP contribution in [0.2, 0.25) is 0 Å². The second-order valence-electron chi connectivity index (χ2n) is 6.93. The molecule has 3 heterocycles. The van der Waals surface area contributed by atoms with Crippen molar-refractivity contribution in [3.63, 3.8) is 0 Å². The maximum Gasteiger partial charge on any atom is 0.227 e. The molecule has 0 N–H and O–H groups in total. The molecule has 0 fully saturated rings. The minimum Gasteiger partial charge on any atom is -0.439 e. The van der Waals surface area contributed by atoms with Crippen LogP contribution in [-0.2, 0) is 0 Å². The fourth-order valence-electron chi connectivity index (χ4n) is 3.08. The normalized spacial score (nSPS) is 12.1. The highest BCUT2D eigenvalue weighted by molar-refractivity contribution is 7.98. The van der Waals surface area contributed by atoms with Crippen molar-refractivity contribution in [3.8, 4) is 46.5 Å². The van der Waals surface area contributed by atoms with Crippen LogP contribution in [-0.4, -0.2) is 32.4 Å². The van der Waals surface area contributed by atoms with Crippen LogP contribution in [0.3, 0.4) is 0 Å². The van der Waals surface area contributed by atoms with Gasteiger partial charge in [0.2, 0.25) is 23.5 Å². The van der Waals surface area contributed by atoms with Gasteiger partial charge in [0.15, 0.2) is 10.3 Å². The second kappa shape index (κ2) is 9.16. The van der Waals surface area contributed by atoms with E-state index < -0.39 is 0 Å². The van der Waals surface area contributed by atoms with E-state index in [9.17, 15) is 0 Å². The van der Waals surface area contributed by atoms with Gasteiger partial charge in [-0.25, -0.2) is 0 Å². The molecule has 166 valence electrons. The number of hydrogen-bond donors (Lipinski definition) is 0. The Morgan fingerprint density at radius 3 is 1.36 bits per heavy atom. The maximum atomic E-state index is 6.05. The minimum atomic E-state index is 0.353. The molecule has 5 rings (SSSR count). The van der Waals surface area contributed by atoms with Crippen molar-refractivity contribution in [3.05, 3.63) is 60.2 Å². The minimum absolute atomic E-state index is 0.353. The number of thioether (sulfide) groups is 2. The monoisotopic (exact) mass is 478 g/mol. The van der Waals surface area contributed by atoms with Crippen LogP contribution in [0.15, 0.2) is 64.9 Å². The number of aromatic nitrogens is 4. The highest BCUT2D eigenvalue weighted by Gasteiger charge is 2.14. The van der Waals surface area contributed by atoms with E-state index >= 15 is 0 Å². The van der Waals surface area contributed by atoms with Crippen molar-refractivity contribution in [2.45, 2.75) is 17.2 Å². The van der Waals surface area contributed by atoms with E-state index in [4.69, 9.17) is 18.9 Å². The first-order valence-electron chi connectivity index (χ1n) is 9.85. The molecular formula is C23H18N4O4S2. The van der Waals surface area contributed by atoms with E-state index in [0.717, 1.165) is 5.56 Å². The lowest BCUT2D eigenvalue weighted by Gasteiger charge is -2.14. The summed E-state index contributed by atoms with van der Waals surface area (Å²) in [5.41, 5.74) is 0.949. The van der Waals surface area contributed by atoms with Gasteiger partial charge in [-0.15, -0.1) is 0 Å². The Labute approximate surface area is 198 Å². The predicted molar refractivity (Wildman–Crippen MR) is 126 cm³/mol. The average molecular weight is 479 g/mol. The van der Waals surface area contributed by atoms with Gasteiger partial charge in [0, 0.05) is 12.1 Å². The van der Waals surface area contributed by atoms with Gasteiger partial charge in [0.1, 0.15) is 23.0 Å². The summed E-state index contributed by atoms with van der Waals surface area (Å²) in [5, 5.41) is 1.04. The smallest absolute Gasteiger partial charge is 0.227 e. The lowest BCUT2D eigenvalue weighted by atomic mass is 10.2. The third-order valence-electron chi connectivity index (χ3n) is 4.40. The van der Waals surface area contributed by atoms with E-state index in [1.807, 2.05) is 49.8 Å². The summed E-state index contributed by atoms with van der Waals surface area (Å²) in [6.45, 7) is 1.95. The van der Waals surface area contributed by atoms with E-state index in [-0.39, 0.29) is 0 Å². The molecule has 0 radical (unpaired) electrons. The summed E-state index contributed by atoms with van der Waals surface area (Å²) < 4.78 is 24.1. The molecular weight excluding hydrogens is 460 g/mol. The summed E-state index contributed by atoms with van der Waals surface area (Å²) in [4.78, 5) is 17.7. The molecule has 33 heavy (non-hydrogen) atoms. The summed E-state index contributed by atoms with van der Waals surface area (Å²) >= 11 is 2.78. The number of ether oxygens (including phenoxy) is 4. The predicted octanol–water partition coefficient (Wildman–Crippen LogP) is 6.50. The van der Waals surface area contributed by atoms with Gasteiger partial charge in [0.05, 0.1) is 12.1 Å². The Bertz CT molecular complexity index is 1240. The lowest BCUT2D eigenvalue weighted by molar-refractivity contribution is 0.405. The van der Waals surface area contributed by atoms with E-state index in [2.05, 4.69) is 19.9 Å². The van der Waals surface area contributed by atoms with Crippen molar-refractivity contribution in [1.82, 2.24) is 19.9 Å². The number of nitrogens with zero attached hydrogens (tertiary/aromatic N) is 4. The number of rotatable bonds is 2. The first kappa shape index (κ1) is 21.4. The average Bonchev–Trinajstić information content (AvgIpc) is 2.78. The molecule has 2 aromatic carbocycles. The highest BCUT2D eigenvalue weighted by atomic mass is 32.2. The number of fused-ring (bicyclic) bond motifs is 8. The summed E-state index contributed by atoms with van der Waals surface area (Å²) in [5.74, 6) is 3.63. The maximum absolute atomic E-state index is 6.05. The zero-order valence-corrected chi connectivity index (χ0v) is 19.6. The quantitative estimate of drug-likeness (QED) is 0.207. The third kappa shape index (κ3) is 5.12. The molecule has 0 amide bonds. The van der Waals surface area contributed by atoms with Crippen LogP contribution in [0.1, 0.15) is 5.56 Å². The molecule has 0 saturated carbocycles. The van der Waals surface area contributed by atoms with Crippen LogP contribution in [0.5, 0.6) is 46.5 Å². The van der Waals surface area contributed by atoms with E-state index in [1.165, 1.54) is 23.5 Å². The van der Waals surface area contributed by atoms with Gasteiger partial charge in [-0.2, -0.15) is 19.9 Å². The van der Waals surface area contributed by atoms with Gasteiger partial charge < -0.3 is 18.9 Å². The Morgan fingerprint density at radius 1 is 0.545 bits per heavy atom. The molecule has 0 atom stereocenters. The lowest BCUT2D eigenvalue weighted by Crippen LogP contribution is -1.98. The van der Waals surface area contributed by atoms with Crippen molar-refractivity contribution in [2.24, 2.45) is 0 Å². The van der Waals surface area contributed by atoms with Gasteiger partial charge in [-0.05, 0) is 49.3 Å². The molecule has 0 spiro atoms. The molecule has 8 nitrogen and oxygen atoms in total. The van der Waals surface area contributed by atoms with Crippen LogP contribution in [0.4, 0.5) is 0 Å². The molecule has 0 aliphatic carbocycles. The molecule has 4 aromatic rings. The van der Waals surface area contributed by atoms with Crippen molar-refractivity contribution in [1.29, 1.82) is 0 Å². The van der Waals surface area contributed by atoms with Crippen molar-refractivity contribution in [2.75, 3.05) is 12.5 Å². The molecule has 2 aromatic heterocycles. The number of aryl methyl sites for hydroxylation is 1. The van der Waals surface area contributed by atoms with Crippen molar-refractivity contribution >= 4 is 23.5 Å². The van der Waals surface area contributed by atoms with Gasteiger partial charge >= 0.3 is 0 Å². The van der Waals surface area contributed by atoms with E-state index in [1.54, 1.807) is 24.3 Å². The van der Waals surface area contributed by atoms with E-state index in [0.29, 0.717) is 56.8 Å². The molecule has 1 aliphatic heterocycles. The first-order valence-corrected chi connectivity index (χ1v) is 12.3. The number of hydrogen-bond acceptors (Lipinski definition) is 10. The Balaban J connectivity index is 1.65. The molecule has 8 bridgehead atoms. The van der Waals surface area contributed by atoms with Gasteiger partial charge in [-0.3, -0.25) is 0 Å². The largest absolute Gasteiger partial charge is 0.439 e. The number of benzene rings is 2. The Kier molecular flexibility index (Phi) is 5.93. The van der Waals surface area contributed by atoms with Crippen LogP contribution >= 0.6 is 23.5 Å². The standard InChI is InChI=1S/C23H18N4O4S2/c1-13-7-16-10-17(8-13)31-21-12-19(25-23(27-21)33-3)29-15-6-4-5-14(9-15)28-18-11-20(30-16)26-22(24-18)32-2/h4-12H,1-3H3. The van der Waals surface area contributed by atoms with Gasteiger partial charge in [0.25, 0.3) is 0 Å². The zero-order chi connectivity index (χ0) is 22.8. The summed E-state index contributed by atoms with van der Waals surface area (Å²) in [6, 6.07) is 16.0. The Morgan fingerprint density at radius 2 is 0.939 bits per heavy atom. The fourth-order valence-corrected chi connectivity index (χ4v) is 3.80. The van der Waals surface area contributed by atoms with Gasteiger partial charge in [-0.1, -0.05) is 29.6 Å². The van der Waals surface area contributed by atoms with Crippen LogP contribution < -0.4 is 18.9 Å². The SMILES string of the molecule is CSc1nc2cc(n1)Oc1cc(C)cc(c1)Oc1cc(nc(SC)n1)Oc1cccc(c1)O2. The van der Waals surface area contributed by atoms with Crippen LogP contribution in [0.25, 0.3) is 0 Å². The molecule has 0 saturated heterocycles. The highest BCUT2D eigenvalue weighted by Crippen LogP contribution is 2.35. The Hall–Kier alpha value is -3.50. The summed E-state index contributed by atoms with van der Waals surface area (Å²) in [6.07, 6.45) is 3.77. The van der Waals surface area contributed by atoms with Crippen molar-refractivity contribution < 1.29 is 18.9 Å². The zero-order valence-electron chi connectivity index (χ0n) is 17.9. The molecule has 10 heteroatoms. The molecule has 1 aliphatic rings. The van der Waals surface area contributed by atoms with Crippen LogP contribution in [0, 0.1) is 6.92 Å². The first-order chi connectivity index (χ1) is 16.1. The molecule has 0 unspecified atom stereocenters.